The van der Waals surface area contributed by atoms with Crippen LogP contribution in [0.25, 0.3) is 0 Å². The summed E-state index contributed by atoms with van der Waals surface area (Å²) in [6.45, 7) is 4.89. The molecular formula is C14H21N3O3. The minimum absolute atomic E-state index is 0.0926. The number of nitrogens with two attached hydrogens (primary N) is 1. The van der Waals surface area contributed by atoms with E-state index in [1.807, 2.05) is 13.8 Å². The zero-order chi connectivity index (χ0) is 15.0. The number of hydrogen-bond acceptors (Lipinski definition) is 4. The summed E-state index contributed by atoms with van der Waals surface area (Å²) in [5.41, 5.74) is 6.60. The molecule has 0 spiro atoms. The van der Waals surface area contributed by atoms with Crippen LogP contribution in [0.3, 0.4) is 0 Å². The van der Waals surface area contributed by atoms with Gasteiger partial charge < -0.3 is 21.1 Å². The second-order valence-corrected chi connectivity index (χ2v) is 4.25. The van der Waals surface area contributed by atoms with E-state index in [1.165, 1.54) is 6.07 Å². The lowest BCUT2D eigenvalue weighted by molar-refractivity contribution is -0.123. The molecule has 20 heavy (non-hydrogen) atoms. The van der Waals surface area contributed by atoms with Crippen molar-refractivity contribution in [2.24, 2.45) is 0 Å². The van der Waals surface area contributed by atoms with Gasteiger partial charge in [0.15, 0.2) is 6.61 Å². The van der Waals surface area contributed by atoms with Gasteiger partial charge >= 0.3 is 0 Å². The molecule has 0 atom stereocenters. The maximum Gasteiger partial charge on any atom is 0.257 e. The number of rotatable bonds is 7. The summed E-state index contributed by atoms with van der Waals surface area (Å²) >= 11 is 0. The van der Waals surface area contributed by atoms with E-state index >= 15 is 0 Å². The van der Waals surface area contributed by atoms with Gasteiger partial charge in [0.25, 0.3) is 11.8 Å². The second-order valence-electron chi connectivity index (χ2n) is 4.25. The van der Waals surface area contributed by atoms with Gasteiger partial charge in [0.2, 0.25) is 0 Å². The second kappa shape index (κ2) is 8.04. The van der Waals surface area contributed by atoms with Gasteiger partial charge in [-0.05, 0) is 31.5 Å². The molecule has 0 fully saturated rings. The minimum Gasteiger partial charge on any atom is -0.482 e. The van der Waals surface area contributed by atoms with Crippen LogP contribution in [-0.2, 0) is 4.79 Å². The van der Waals surface area contributed by atoms with Crippen molar-refractivity contribution in [2.45, 2.75) is 20.3 Å². The molecule has 2 amide bonds. The first-order valence-electron chi connectivity index (χ1n) is 6.65. The van der Waals surface area contributed by atoms with E-state index < -0.39 is 0 Å². The Bertz CT molecular complexity index is 475. The van der Waals surface area contributed by atoms with Crippen molar-refractivity contribution in [2.75, 3.05) is 25.4 Å². The molecule has 0 saturated carbocycles. The van der Waals surface area contributed by atoms with Gasteiger partial charge in [-0.2, -0.15) is 0 Å². The smallest absolute Gasteiger partial charge is 0.257 e. The molecule has 0 radical (unpaired) electrons. The number of nitrogen functional groups attached to an aromatic ring is 1. The van der Waals surface area contributed by atoms with Crippen molar-refractivity contribution in [3.63, 3.8) is 0 Å². The van der Waals surface area contributed by atoms with E-state index in [0.717, 1.165) is 6.42 Å². The minimum atomic E-state index is -0.195. The van der Waals surface area contributed by atoms with Crippen molar-refractivity contribution in [1.82, 2.24) is 10.6 Å². The fourth-order valence-electron chi connectivity index (χ4n) is 1.54. The topological polar surface area (TPSA) is 93.4 Å². The first-order valence-corrected chi connectivity index (χ1v) is 6.65. The predicted molar refractivity (Wildman–Crippen MR) is 77.7 cm³/mol. The van der Waals surface area contributed by atoms with Gasteiger partial charge in [0.05, 0.1) is 5.69 Å². The van der Waals surface area contributed by atoms with E-state index in [0.29, 0.717) is 30.1 Å². The van der Waals surface area contributed by atoms with Gasteiger partial charge in [0, 0.05) is 18.7 Å². The van der Waals surface area contributed by atoms with Gasteiger partial charge in [-0.15, -0.1) is 0 Å². The average molecular weight is 279 g/mol. The Balaban J connectivity index is 2.60. The van der Waals surface area contributed by atoms with Crippen LogP contribution in [0.5, 0.6) is 5.75 Å². The molecule has 0 saturated heterocycles. The van der Waals surface area contributed by atoms with Crippen LogP contribution in [0.1, 0.15) is 30.6 Å². The number of carbonyl (C=O) groups is 2. The standard InChI is InChI=1S/C14H21N3O3/c1-3-7-17-13(18)9-20-12-6-5-10(8-11(12)15)14(19)16-4-2/h5-6,8H,3-4,7,9,15H2,1-2H3,(H,16,19)(H,17,18). The molecule has 0 unspecified atom stereocenters. The van der Waals surface area contributed by atoms with Gasteiger partial charge in [-0.3, -0.25) is 9.59 Å². The molecule has 6 nitrogen and oxygen atoms in total. The van der Waals surface area contributed by atoms with Gasteiger partial charge in [-0.1, -0.05) is 6.92 Å². The molecule has 0 heterocycles. The highest BCUT2D eigenvalue weighted by molar-refractivity contribution is 5.95. The molecule has 1 aromatic carbocycles. The largest absolute Gasteiger partial charge is 0.482 e. The Morgan fingerprint density at radius 1 is 1.25 bits per heavy atom. The molecule has 0 aromatic heterocycles. The average Bonchev–Trinajstić information content (AvgIpc) is 2.43. The summed E-state index contributed by atoms with van der Waals surface area (Å²) in [6, 6.07) is 4.73. The molecule has 4 N–H and O–H groups in total. The Kier molecular flexibility index (Phi) is 6.36. The third-order valence-electron chi connectivity index (χ3n) is 2.54. The molecule has 0 bridgehead atoms. The number of benzene rings is 1. The fourth-order valence-corrected chi connectivity index (χ4v) is 1.54. The number of ether oxygens (including phenoxy) is 1. The Morgan fingerprint density at radius 2 is 2.00 bits per heavy atom. The molecule has 0 aliphatic carbocycles. The van der Waals surface area contributed by atoms with Crippen LogP contribution in [0.2, 0.25) is 0 Å². The molecule has 1 rings (SSSR count). The summed E-state index contributed by atoms with van der Waals surface area (Å²) < 4.78 is 5.32. The van der Waals surface area contributed by atoms with Crippen LogP contribution < -0.4 is 21.1 Å². The Hall–Kier alpha value is -2.24. The highest BCUT2D eigenvalue weighted by Gasteiger charge is 2.09. The number of amides is 2. The van der Waals surface area contributed by atoms with Crippen molar-refractivity contribution < 1.29 is 14.3 Å². The van der Waals surface area contributed by atoms with Crippen molar-refractivity contribution >= 4 is 17.5 Å². The van der Waals surface area contributed by atoms with Crippen molar-refractivity contribution in [3.05, 3.63) is 23.8 Å². The molecule has 6 heteroatoms. The Labute approximate surface area is 118 Å². The zero-order valence-corrected chi connectivity index (χ0v) is 11.9. The quantitative estimate of drug-likeness (QED) is 0.647. The van der Waals surface area contributed by atoms with Crippen LogP contribution in [0, 0.1) is 0 Å². The van der Waals surface area contributed by atoms with Crippen molar-refractivity contribution in [3.8, 4) is 5.75 Å². The summed E-state index contributed by atoms with van der Waals surface area (Å²) in [5, 5.41) is 5.38. The fraction of sp³-hybridized carbons (Fsp3) is 0.429. The monoisotopic (exact) mass is 279 g/mol. The van der Waals surface area contributed by atoms with Crippen LogP contribution in [0.15, 0.2) is 18.2 Å². The molecule has 110 valence electrons. The highest BCUT2D eigenvalue weighted by Crippen LogP contribution is 2.22. The van der Waals surface area contributed by atoms with Crippen LogP contribution in [0.4, 0.5) is 5.69 Å². The predicted octanol–water partition coefficient (Wildman–Crippen LogP) is 0.923. The number of hydrogen-bond donors (Lipinski definition) is 3. The van der Waals surface area contributed by atoms with Crippen LogP contribution in [-0.4, -0.2) is 31.5 Å². The van der Waals surface area contributed by atoms with Gasteiger partial charge in [-0.25, -0.2) is 0 Å². The van der Waals surface area contributed by atoms with E-state index in [-0.39, 0.29) is 18.4 Å². The Morgan fingerprint density at radius 3 is 2.60 bits per heavy atom. The summed E-state index contributed by atoms with van der Waals surface area (Å²) in [5.74, 6) is 0.00943. The first kappa shape index (κ1) is 15.8. The summed E-state index contributed by atoms with van der Waals surface area (Å²) in [7, 11) is 0. The van der Waals surface area contributed by atoms with Crippen LogP contribution >= 0.6 is 0 Å². The lowest BCUT2D eigenvalue weighted by atomic mass is 10.2. The zero-order valence-electron chi connectivity index (χ0n) is 11.9. The van der Waals surface area contributed by atoms with E-state index in [4.69, 9.17) is 10.5 Å². The normalized spacial score (nSPS) is 9.90. The van der Waals surface area contributed by atoms with Crippen molar-refractivity contribution in [1.29, 1.82) is 0 Å². The molecule has 0 aliphatic rings. The van der Waals surface area contributed by atoms with E-state index in [2.05, 4.69) is 10.6 Å². The lowest BCUT2D eigenvalue weighted by Gasteiger charge is -2.10. The number of anilines is 1. The maximum absolute atomic E-state index is 11.6. The third kappa shape index (κ3) is 4.79. The highest BCUT2D eigenvalue weighted by atomic mass is 16.5. The first-order chi connectivity index (χ1) is 9.58. The van der Waals surface area contributed by atoms with E-state index in [1.54, 1.807) is 12.1 Å². The lowest BCUT2D eigenvalue weighted by Crippen LogP contribution is -2.29. The molecule has 1 aromatic rings. The maximum atomic E-state index is 11.6. The number of carbonyl (C=O) groups excluding carboxylic acids is 2. The number of nitrogens with one attached hydrogen (secondary N) is 2. The summed E-state index contributed by atoms with van der Waals surface area (Å²) in [6.07, 6.45) is 0.870. The van der Waals surface area contributed by atoms with Gasteiger partial charge in [0.1, 0.15) is 5.75 Å². The van der Waals surface area contributed by atoms with E-state index in [9.17, 15) is 9.59 Å². The third-order valence-corrected chi connectivity index (χ3v) is 2.54. The molecular weight excluding hydrogens is 258 g/mol. The molecule has 0 aliphatic heterocycles. The SMILES string of the molecule is CCCNC(=O)COc1ccc(C(=O)NCC)cc1N. The summed E-state index contributed by atoms with van der Waals surface area (Å²) in [4.78, 5) is 23.0.